The molecule has 0 radical (unpaired) electrons. The van der Waals surface area contributed by atoms with Crippen LogP contribution in [0.1, 0.15) is 19.4 Å². The van der Waals surface area contributed by atoms with Crippen LogP contribution in [0.25, 0.3) is 49.4 Å². The maximum atomic E-state index is 11.3. The number of hydrogen-bond acceptors (Lipinski definition) is 18. The zero-order valence-electron chi connectivity index (χ0n) is 24.0. The molecule has 18 N–H and O–H groups in total. The smallest absolute Gasteiger partial charge is 0.208 e. The fourth-order valence-electron chi connectivity index (χ4n) is 5.53. The SMILES string of the molecule is C/C(O)=C(\C)c1c2c(O)c(O)c(O)c(O)c2c(-c2c(O)c(O)c(O)c(O)c2-c2c(O)c(O)c(O)c(O)c2O)c2c(O)c(O)c(O)c(O)c12. The number of phenolic OH excluding ortho intramolecular Hbond substituents is 17. The Hall–Kier alpha value is -7.24. The van der Waals surface area contributed by atoms with E-state index in [0.717, 1.165) is 13.8 Å². The Balaban J connectivity index is 2.35. The lowest BCUT2D eigenvalue weighted by atomic mass is 9.80. The van der Waals surface area contributed by atoms with E-state index in [0.29, 0.717) is 0 Å². The van der Waals surface area contributed by atoms with Crippen molar-refractivity contribution in [2.75, 3.05) is 0 Å². The van der Waals surface area contributed by atoms with E-state index < -0.39 is 153 Å². The fraction of sp³-hybridized carbons (Fsp3) is 0.0667. The molecule has 0 unspecified atom stereocenters. The average molecular weight is 673 g/mol. The van der Waals surface area contributed by atoms with Crippen LogP contribution in [0, 0.1) is 0 Å². The van der Waals surface area contributed by atoms with Crippen molar-refractivity contribution in [1.82, 2.24) is 0 Å². The van der Waals surface area contributed by atoms with Gasteiger partial charge in [0.2, 0.25) is 51.7 Å². The van der Waals surface area contributed by atoms with E-state index in [4.69, 9.17) is 0 Å². The minimum absolute atomic E-state index is 0.347. The molecule has 0 aliphatic carbocycles. The Kier molecular flexibility index (Phi) is 6.79. The minimum Gasteiger partial charge on any atom is -0.512 e. The Morgan fingerprint density at radius 2 is 0.500 bits per heavy atom. The maximum absolute atomic E-state index is 11.3. The summed E-state index contributed by atoms with van der Waals surface area (Å²) in [7, 11) is 0. The van der Waals surface area contributed by atoms with Crippen LogP contribution in [0.2, 0.25) is 0 Å². The summed E-state index contributed by atoms with van der Waals surface area (Å²) in [5.74, 6) is -26.5. The lowest BCUT2D eigenvalue weighted by Crippen LogP contribution is -1.99. The lowest BCUT2D eigenvalue weighted by molar-refractivity contribution is 0.329. The molecule has 0 aliphatic rings. The number of allylic oxidation sites excluding steroid dienone is 2. The van der Waals surface area contributed by atoms with Crippen LogP contribution in [0.4, 0.5) is 0 Å². The van der Waals surface area contributed by atoms with Gasteiger partial charge in [0.05, 0.1) is 11.3 Å². The Labute approximate surface area is 264 Å². The number of aliphatic hydroxyl groups is 1. The number of phenols is 17. The highest BCUT2D eigenvalue weighted by Gasteiger charge is 2.38. The summed E-state index contributed by atoms with van der Waals surface area (Å²) in [6, 6.07) is 0. The first-order valence-corrected chi connectivity index (χ1v) is 13.0. The topological polar surface area (TPSA) is 364 Å². The highest BCUT2D eigenvalue weighted by Crippen LogP contribution is 2.67. The van der Waals surface area contributed by atoms with Gasteiger partial charge in [-0.15, -0.1) is 0 Å². The Morgan fingerprint density at radius 1 is 0.271 bits per heavy atom. The monoisotopic (exact) mass is 672 g/mol. The van der Waals surface area contributed by atoms with E-state index in [1.165, 1.54) is 0 Å². The molecule has 18 heteroatoms. The van der Waals surface area contributed by atoms with Crippen molar-refractivity contribution in [1.29, 1.82) is 0 Å². The normalized spacial score (nSPS) is 12.1. The van der Waals surface area contributed by atoms with E-state index >= 15 is 0 Å². The molecule has 0 aromatic heterocycles. The molecule has 0 bridgehead atoms. The zero-order valence-corrected chi connectivity index (χ0v) is 24.0. The highest BCUT2D eigenvalue weighted by molar-refractivity contribution is 6.28. The Morgan fingerprint density at radius 3 is 0.812 bits per heavy atom. The van der Waals surface area contributed by atoms with Crippen molar-refractivity contribution in [2.24, 2.45) is 0 Å². The molecule has 0 heterocycles. The summed E-state index contributed by atoms with van der Waals surface area (Å²) >= 11 is 0. The summed E-state index contributed by atoms with van der Waals surface area (Å²) in [5, 5.41) is 189. The number of aromatic hydroxyl groups is 17. The summed E-state index contributed by atoms with van der Waals surface area (Å²) in [6.45, 7) is 2.20. The van der Waals surface area contributed by atoms with Gasteiger partial charge in [0.15, 0.2) is 46.0 Å². The Bertz CT molecular complexity index is 2220. The molecule has 252 valence electrons. The molecule has 5 aromatic carbocycles. The second kappa shape index (κ2) is 10.1. The fourth-order valence-corrected chi connectivity index (χ4v) is 5.53. The van der Waals surface area contributed by atoms with Crippen molar-refractivity contribution >= 4 is 27.1 Å². The molecular weight excluding hydrogens is 648 g/mol. The maximum Gasteiger partial charge on any atom is 0.208 e. The number of fused-ring (bicyclic) bond motifs is 2. The minimum atomic E-state index is -1.62. The summed E-state index contributed by atoms with van der Waals surface area (Å²) < 4.78 is 0. The third kappa shape index (κ3) is 3.79. The molecule has 0 aliphatic heterocycles. The highest BCUT2D eigenvalue weighted by atomic mass is 16.4. The van der Waals surface area contributed by atoms with Crippen LogP contribution in [-0.4, -0.2) is 91.9 Å². The lowest BCUT2D eigenvalue weighted by Gasteiger charge is -2.25. The van der Waals surface area contributed by atoms with Gasteiger partial charge in [-0.05, 0) is 19.4 Å². The molecule has 0 saturated heterocycles. The van der Waals surface area contributed by atoms with Crippen LogP contribution in [0.15, 0.2) is 5.76 Å². The molecule has 5 aromatic rings. The van der Waals surface area contributed by atoms with Crippen LogP contribution < -0.4 is 0 Å². The molecule has 0 fully saturated rings. The predicted octanol–water partition coefficient (Wildman–Crippen LogP) is 3.63. The van der Waals surface area contributed by atoms with Gasteiger partial charge >= 0.3 is 0 Å². The third-order valence-corrected chi connectivity index (χ3v) is 7.98. The van der Waals surface area contributed by atoms with E-state index in [-0.39, 0.29) is 5.57 Å². The second-order valence-electron chi connectivity index (χ2n) is 10.5. The van der Waals surface area contributed by atoms with Gasteiger partial charge in [0, 0.05) is 43.8 Å². The zero-order chi connectivity index (χ0) is 36.2. The van der Waals surface area contributed by atoms with Crippen LogP contribution >= 0.6 is 0 Å². The molecule has 0 saturated carbocycles. The largest absolute Gasteiger partial charge is 0.512 e. The van der Waals surface area contributed by atoms with Gasteiger partial charge < -0.3 is 91.9 Å². The van der Waals surface area contributed by atoms with Gasteiger partial charge in [-0.3, -0.25) is 0 Å². The molecule has 0 atom stereocenters. The van der Waals surface area contributed by atoms with E-state index in [9.17, 15) is 91.9 Å². The average Bonchev–Trinajstić information content (AvgIpc) is 3.05. The summed E-state index contributed by atoms with van der Waals surface area (Å²) in [6.07, 6.45) is 0. The molecule has 18 nitrogen and oxygen atoms in total. The van der Waals surface area contributed by atoms with Gasteiger partial charge in [-0.2, -0.15) is 0 Å². The van der Waals surface area contributed by atoms with E-state index in [1.807, 2.05) is 0 Å². The van der Waals surface area contributed by atoms with Crippen molar-refractivity contribution in [3.8, 4) is 120 Å². The van der Waals surface area contributed by atoms with Crippen molar-refractivity contribution in [3.05, 3.63) is 11.3 Å². The van der Waals surface area contributed by atoms with Crippen molar-refractivity contribution in [3.63, 3.8) is 0 Å². The number of benzene rings is 5. The van der Waals surface area contributed by atoms with E-state index in [1.54, 1.807) is 0 Å². The predicted molar refractivity (Wildman–Crippen MR) is 162 cm³/mol. The first-order valence-electron chi connectivity index (χ1n) is 13.0. The van der Waals surface area contributed by atoms with E-state index in [2.05, 4.69) is 0 Å². The first-order chi connectivity index (χ1) is 22.2. The standard InChI is InChI=1S/C30H24O18/c1-3(4(2)31)5-7-9(16(34)24(42)22(40)14(7)32)6(10-8(5)15(33)23(41)25(43)17(10)35)11-12(19(37)27(45)26(44)18(11)36)13-20(38)28(46)30(48)29(47)21(13)39/h31-48H,1-2H3/b4-3-. The first kappa shape index (κ1) is 32.2. The van der Waals surface area contributed by atoms with Gasteiger partial charge in [0.25, 0.3) is 0 Å². The van der Waals surface area contributed by atoms with Gasteiger partial charge in [-0.1, -0.05) is 0 Å². The van der Waals surface area contributed by atoms with Crippen LogP contribution in [0.3, 0.4) is 0 Å². The van der Waals surface area contributed by atoms with Crippen molar-refractivity contribution < 1.29 is 91.9 Å². The van der Waals surface area contributed by atoms with Crippen LogP contribution in [0.5, 0.6) is 97.7 Å². The third-order valence-electron chi connectivity index (χ3n) is 7.98. The second-order valence-corrected chi connectivity index (χ2v) is 10.5. The molecule has 48 heavy (non-hydrogen) atoms. The summed E-state index contributed by atoms with van der Waals surface area (Å²) in [4.78, 5) is 0. The summed E-state index contributed by atoms with van der Waals surface area (Å²) in [5.41, 5.74) is -6.10. The quantitative estimate of drug-likeness (QED) is 0.0562. The molecule has 5 rings (SSSR count). The molecule has 0 amide bonds. The van der Waals surface area contributed by atoms with Crippen LogP contribution in [-0.2, 0) is 0 Å². The number of aliphatic hydroxyl groups excluding tert-OH is 1. The number of rotatable bonds is 3. The molecular formula is C30H24O18. The number of hydrogen-bond donors (Lipinski definition) is 18. The molecule has 0 spiro atoms. The van der Waals surface area contributed by atoms with Gasteiger partial charge in [-0.25, -0.2) is 0 Å². The van der Waals surface area contributed by atoms with Gasteiger partial charge in [0.1, 0.15) is 0 Å². The van der Waals surface area contributed by atoms with Crippen molar-refractivity contribution in [2.45, 2.75) is 13.8 Å².